The number of nitrogens with one attached hydrogen (secondary N) is 2. The van der Waals surface area contributed by atoms with Gasteiger partial charge in [0, 0.05) is 29.1 Å². The lowest BCUT2D eigenvalue weighted by molar-refractivity contribution is -0.153. The Kier molecular flexibility index (Phi) is 8.82. The Labute approximate surface area is 278 Å². The SMILES string of the molecule is CCOc1ccc(-c2ccc(O)c3c2C[C@H]2C[C@H]4[C@H](N(C)C)C(=O)C(C(N)=O)=C(O)[C@@]4(O)C(=O)C2=C3O)cc1CNC(=O)NC(C)(C)C. The number of nitrogens with zero attached hydrogens (tertiary/aromatic N) is 1. The zero-order valence-corrected chi connectivity index (χ0v) is 27.8. The molecule has 0 spiro atoms. The smallest absolute Gasteiger partial charge is 0.315 e. The molecule has 2 aromatic rings. The van der Waals surface area contributed by atoms with Crippen LogP contribution in [0.15, 0.2) is 47.2 Å². The molecule has 1 saturated carbocycles. The number of rotatable bonds is 7. The normalized spacial score (nSPS) is 23.8. The molecular weight excluding hydrogens is 620 g/mol. The summed E-state index contributed by atoms with van der Waals surface area (Å²) in [6.07, 6.45) is 0.106. The fraction of sp³-hybridized carbons (Fsp3) is 0.429. The second-order valence-corrected chi connectivity index (χ2v) is 13.8. The highest BCUT2D eigenvalue weighted by Gasteiger charge is 2.64. The number of hydrogen-bond acceptors (Lipinski definition) is 10. The van der Waals surface area contributed by atoms with Crippen LogP contribution in [-0.2, 0) is 27.3 Å². The maximum Gasteiger partial charge on any atom is 0.315 e. The van der Waals surface area contributed by atoms with Crippen LogP contribution < -0.4 is 21.1 Å². The van der Waals surface area contributed by atoms with Crippen molar-refractivity contribution in [2.45, 2.75) is 64.3 Å². The number of ether oxygens (including phenoxy) is 1. The predicted octanol–water partition coefficient (Wildman–Crippen LogP) is 2.63. The molecule has 0 saturated heterocycles. The van der Waals surface area contributed by atoms with Crippen molar-refractivity contribution < 1.29 is 44.3 Å². The molecule has 8 N–H and O–H groups in total. The van der Waals surface area contributed by atoms with Crippen molar-refractivity contribution >= 4 is 29.3 Å². The number of fused-ring (bicyclic) bond motifs is 3. The van der Waals surface area contributed by atoms with Gasteiger partial charge in [0.2, 0.25) is 5.78 Å². The van der Waals surface area contributed by atoms with Crippen LogP contribution in [0.5, 0.6) is 11.5 Å². The Balaban J connectivity index is 1.62. The van der Waals surface area contributed by atoms with Crippen LogP contribution in [0.2, 0.25) is 0 Å². The Morgan fingerprint density at radius 3 is 2.40 bits per heavy atom. The van der Waals surface area contributed by atoms with E-state index in [-0.39, 0.29) is 42.3 Å². The highest BCUT2D eigenvalue weighted by Crippen LogP contribution is 2.53. The Bertz CT molecular complexity index is 1790. The molecule has 3 aliphatic rings. The van der Waals surface area contributed by atoms with Gasteiger partial charge in [-0.05, 0) is 95.4 Å². The topological polar surface area (TPSA) is 212 Å². The number of aliphatic hydroxyl groups is 3. The first-order chi connectivity index (χ1) is 22.4. The summed E-state index contributed by atoms with van der Waals surface area (Å²) in [6.45, 7) is 7.98. The number of aliphatic hydroxyl groups excluding tert-OH is 2. The number of hydrogen-bond donors (Lipinski definition) is 7. The first-order valence-corrected chi connectivity index (χ1v) is 15.7. The molecular formula is C35H42N4O9. The molecule has 1 fully saturated rings. The summed E-state index contributed by atoms with van der Waals surface area (Å²) in [5.41, 5.74) is 3.66. The van der Waals surface area contributed by atoms with Crippen molar-refractivity contribution in [1.29, 1.82) is 0 Å². The van der Waals surface area contributed by atoms with Gasteiger partial charge in [0.15, 0.2) is 11.4 Å². The predicted molar refractivity (Wildman–Crippen MR) is 176 cm³/mol. The van der Waals surface area contributed by atoms with Crippen molar-refractivity contribution in [2.75, 3.05) is 20.7 Å². The molecule has 0 heterocycles. The number of nitrogens with two attached hydrogens (primary N) is 1. The van der Waals surface area contributed by atoms with E-state index in [1.165, 1.54) is 11.0 Å². The van der Waals surface area contributed by atoms with E-state index in [1.54, 1.807) is 26.2 Å². The molecule has 5 rings (SSSR count). The molecule has 3 aliphatic carbocycles. The molecule has 0 aromatic heterocycles. The fourth-order valence-electron chi connectivity index (χ4n) is 7.26. The summed E-state index contributed by atoms with van der Waals surface area (Å²) in [7, 11) is 3.10. The number of aromatic hydroxyl groups is 1. The summed E-state index contributed by atoms with van der Waals surface area (Å²) in [4.78, 5) is 53.7. The van der Waals surface area contributed by atoms with Crippen LogP contribution in [0.1, 0.15) is 50.8 Å². The quantitative estimate of drug-likeness (QED) is 0.215. The largest absolute Gasteiger partial charge is 0.508 e. The van der Waals surface area contributed by atoms with Gasteiger partial charge < -0.3 is 41.5 Å². The van der Waals surface area contributed by atoms with Crippen LogP contribution >= 0.6 is 0 Å². The number of ketones is 2. The monoisotopic (exact) mass is 662 g/mol. The number of urea groups is 1. The Morgan fingerprint density at radius 1 is 1.10 bits per heavy atom. The number of Topliss-reactive ketones (excluding diaryl/α,β-unsaturated/α-hetero) is 2. The number of amides is 3. The molecule has 0 aliphatic heterocycles. The van der Waals surface area contributed by atoms with Crippen molar-refractivity contribution in [1.82, 2.24) is 15.5 Å². The van der Waals surface area contributed by atoms with Crippen LogP contribution in [0.3, 0.4) is 0 Å². The third-order valence-electron chi connectivity index (χ3n) is 9.20. The summed E-state index contributed by atoms with van der Waals surface area (Å²) in [5.74, 6) is -6.54. The van der Waals surface area contributed by atoms with E-state index in [0.717, 1.165) is 0 Å². The number of carbonyl (C=O) groups is 4. The van der Waals surface area contributed by atoms with Crippen molar-refractivity contribution in [3.63, 3.8) is 0 Å². The number of phenolic OH excluding ortho intramolecular Hbond substituents is 1. The maximum absolute atomic E-state index is 14.1. The molecule has 3 amide bonds. The highest BCUT2D eigenvalue weighted by atomic mass is 16.5. The molecule has 0 bridgehead atoms. The second-order valence-electron chi connectivity index (χ2n) is 13.8. The first kappa shape index (κ1) is 34.5. The third-order valence-corrected chi connectivity index (χ3v) is 9.20. The number of likely N-dealkylation sites (N-methyl/N-ethyl adjacent to an activating group) is 1. The van der Waals surface area contributed by atoms with Gasteiger partial charge in [-0.3, -0.25) is 19.3 Å². The molecule has 13 heteroatoms. The molecule has 256 valence electrons. The number of phenols is 1. The second kappa shape index (κ2) is 12.3. The van der Waals surface area contributed by atoms with E-state index in [0.29, 0.717) is 34.6 Å². The summed E-state index contributed by atoms with van der Waals surface area (Å²) < 4.78 is 5.82. The van der Waals surface area contributed by atoms with Gasteiger partial charge in [-0.25, -0.2) is 4.79 Å². The van der Waals surface area contributed by atoms with E-state index in [9.17, 15) is 39.6 Å². The average molecular weight is 663 g/mol. The van der Waals surface area contributed by atoms with Gasteiger partial charge in [-0.15, -0.1) is 0 Å². The van der Waals surface area contributed by atoms with E-state index in [4.69, 9.17) is 10.5 Å². The standard InChI is InChI=1S/C35H42N4O9/c1-7-48-23-11-8-16(12-18(23)15-37-33(46)38-34(2,3)4)19-9-10-22(40)25-20(19)13-17-14-21-27(39(5)6)29(42)26(32(36)45)31(44)35(21,47)30(43)24(17)28(25)41/h8-12,17,21,27,40-41,44,47H,7,13-15H2,1-6H3,(H2,36,45)(H2,37,38,46)/t17-,21-,27-,35-/m0/s1. The van der Waals surface area contributed by atoms with E-state index >= 15 is 0 Å². The lowest BCUT2D eigenvalue weighted by Gasteiger charge is -2.50. The molecule has 48 heavy (non-hydrogen) atoms. The highest BCUT2D eigenvalue weighted by molar-refractivity contribution is 6.24. The lowest BCUT2D eigenvalue weighted by atomic mass is 9.57. The van der Waals surface area contributed by atoms with E-state index < -0.39 is 63.6 Å². The van der Waals surface area contributed by atoms with Gasteiger partial charge in [0.05, 0.1) is 18.2 Å². The molecule has 13 nitrogen and oxygen atoms in total. The van der Waals surface area contributed by atoms with E-state index in [2.05, 4.69) is 10.6 Å². The van der Waals surface area contributed by atoms with Gasteiger partial charge in [0.25, 0.3) is 5.91 Å². The van der Waals surface area contributed by atoms with Crippen molar-refractivity contribution in [2.24, 2.45) is 17.6 Å². The summed E-state index contributed by atoms with van der Waals surface area (Å²) >= 11 is 0. The number of carbonyl (C=O) groups excluding carboxylic acids is 4. The van der Waals surface area contributed by atoms with Crippen molar-refractivity contribution in [3.8, 4) is 22.6 Å². The maximum atomic E-state index is 14.1. The molecule has 4 atom stereocenters. The minimum atomic E-state index is -2.71. The lowest BCUT2D eigenvalue weighted by Crippen LogP contribution is -2.65. The van der Waals surface area contributed by atoms with Gasteiger partial charge >= 0.3 is 6.03 Å². The Hall–Kier alpha value is -4.88. The first-order valence-electron chi connectivity index (χ1n) is 15.7. The van der Waals surface area contributed by atoms with Crippen LogP contribution in [-0.4, -0.2) is 86.7 Å². The molecule has 2 aromatic carbocycles. The summed E-state index contributed by atoms with van der Waals surface area (Å²) in [5, 5.41) is 51.2. The van der Waals surface area contributed by atoms with Crippen LogP contribution in [0.25, 0.3) is 16.9 Å². The van der Waals surface area contributed by atoms with Gasteiger partial charge in [-0.2, -0.15) is 0 Å². The van der Waals surface area contributed by atoms with E-state index in [1.807, 2.05) is 39.8 Å². The van der Waals surface area contributed by atoms with Crippen LogP contribution in [0, 0.1) is 11.8 Å². The zero-order valence-electron chi connectivity index (χ0n) is 27.8. The number of benzene rings is 2. The molecule has 0 radical (unpaired) electrons. The zero-order chi connectivity index (χ0) is 35.5. The van der Waals surface area contributed by atoms with Crippen molar-refractivity contribution in [3.05, 3.63) is 63.9 Å². The minimum Gasteiger partial charge on any atom is -0.508 e. The fourth-order valence-corrected chi connectivity index (χ4v) is 7.26. The Morgan fingerprint density at radius 2 is 1.79 bits per heavy atom. The summed E-state index contributed by atoms with van der Waals surface area (Å²) in [6, 6.07) is 6.95. The van der Waals surface area contributed by atoms with Crippen LogP contribution in [0.4, 0.5) is 4.79 Å². The third kappa shape index (κ3) is 5.66. The average Bonchev–Trinajstić information content (AvgIpc) is 2.97. The van der Waals surface area contributed by atoms with Gasteiger partial charge in [0.1, 0.15) is 28.6 Å². The minimum absolute atomic E-state index is 0.0121. The van der Waals surface area contributed by atoms with Gasteiger partial charge in [-0.1, -0.05) is 12.1 Å². The number of primary amides is 1. The molecule has 0 unspecified atom stereocenters.